The van der Waals surface area contributed by atoms with Gasteiger partial charge in [0.25, 0.3) is 5.91 Å². The lowest BCUT2D eigenvalue weighted by molar-refractivity contribution is 0.101. The Hall–Kier alpha value is -2.87. The lowest BCUT2D eigenvalue weighted by Gasteiger charge is -2.10. The number of Topliss-reactive ketones (excluding diaryl/α,β-unsaturated/α-hetero) is 1. The molecule has 0 aliphatic carbocycles. The van der Waals surface area contributed by atoms with Gasteiger partial charge < -0.3 is 14.8 Å². The molecule has 3 heterocycles. The average Bonchev–Trinajstić information content (AvgIpc) is 3.31. The lowest BCUT2D eigenvalue weighted by Crippen LogP contribution is -2.13. The molecule has 8 heteroatoms. The highest BCUT2D eigenvalue weighted by molar-refractivity contribution is 7.20. The number of hydrogen-bond donors (Lipinski definition) is 1. The molecule has 2 aromatic heterocycles. The van der Waals surface area contributed by atoms with Crippen molar-refractivity contribution in [1.29, 1.82) is 0 Å². The molecule has 0 unspecified atom stereocenters. The van der Waals surface area contributed by atoms with E-state index in [-0.39, 0.29) is 18.5 Å². The number of carbonyl (C=O) groups is 2. The number of rotatable bonds is 5. The van der Waals surface area contributed by atoms with Crippen LogP contribution in [0.5, 0.6) is 11.5 Å². The fourth-order valence-corrected chi connectivity index (χ4v) is 4.28. The first-order chi connectivity index (χ1) is 13.3. The quantitative estimate of drug-likeness (QED) is 0.649. The van der Waals surface area contributed by atoms with Crippen LogP contribution in [0, 0.1) is 12.8 Å². The zero-order valence-corrected chi connectivity index (χ0v) is 17.0. The average molecular weight is 399 g/mol. The Morgan fingerprint density at radius 3 is 2.64 bits per heavy atom. The predicted molar refractivity (Wildman–Crippen MR) is 108 cm³/mol. The van der Waals surface area contributed by atoms with Crippen LogP contribution in [0.2, 0.25) is 0 Å². The molecular formula is C20H21N3O4S. The molecule has 1 N–H and O–H groups in total. The molecule has 0 fully saturated rings. The Labute approximate surface area is 166 Å². The number of nitrogens with zero attached hydrogens (tertiary/aromatic N) is 2. The zero-order valence-electron chi connectivity index (χ0n) is 16.2. The van der Waals surface area contributed by atoms with Gasteiger partial charge in [-0.05, 0) is 31.9 Å². The van der Waals surface area contributed by atoms with Crippen molar-refractivity contribution in [3.8, 4) is 11.5 Å². The van der Waals surface area contributed by atoms with E-state index in [2.05, 4.69) is 24.3 Å². The van der Waals surface area contributed by atoms with Gasteiger partial charge in [0.15, 0.2) is 17.3 Å². The van der Waals surface area contributed by atoms with Gasteiger partial charge in [0, 0.05) is 23.6 Å². The van der Waals surface area contributed by atoms with Gasteiger partial charge in [0.1, 0.15) is 4.83 Å². The lowest BCUT2D eigenvalue weighted by atomic mass is 10.1. The Bertz CT molecular complexity index is 1100. The van der Waals surface area contributed by atoms with Gasteiger partial charge in [0.2, 0.25) is 6.79 Å². The fourth-order valence-electron chi connectivity index (χ4n) is 3.21. The summed E-state index contributed by atoms with van der Waals surface area (Å²) in [5, 5.41) is 8.40. The van der Waals surface area contributed by atoms with E-state index in [1.54, 1.807) is 12.1 Å². The molecule has 146 valence electrons. The zero-order chi connectivity index (χ0) is 20.0. The molecule has 0 bridgehead atoms. The maximum absolute atomic E-state index is 12.9. The van der Waals surface area contributed by atoms with Crippen LogP contribution in [-0.2, 0) is 6.54 Å². The van der Waals surface area contributed by atoms with Crippen molar-refractivity contribution in [1.82, 2.24) is 9.78 Å². The number of carbonyl (C=O) groups excluding carboxylic acids is 2. The van der Waals surface area contributed by atoms with Crippen LogP contribution < -0.4 is 14.8 Å². The highest BCUT2D eigenvalue weighted by Gasteiger charge is 2.22. The van der Waals surface area contributed by atoms with Gasteiger partial charge in [-0.25, -0.2) is 0 Å². The maximum atomic E-state index is 12.9. The van der Waals surface area contributed by atoms with Crippen LogP contribution in [0.1, 0.15) is 46.5 Å². The molecule has 0 radical (unpaired) electrons. The van der Waals surface area contributed by atoms with Crippen molar-refractivity contribution in [3.63, 3.8) is 0 Å². The molecule has 7 nitrogen and oxygen atoms in total. The summed E-state index contributed by atoms with van der Waals surface area (Å²) in [5.41, 5.74) is 1.71. The van der Waals surface area contributed by atoms with E-state index in [9.17, 15) is 9.59 Å². The maximum Gasteiger partial charge on any atom is 0.265 e. The van der Waals surface area contributed by atoms with Crippen molar-refractivity contribution in [2.24, 2.45) is 5.92 Å². The third-order valence-corrected chi connectivity index (χ3v) is 5.66. The number of aryl methyl sites for hydroxylation is 1. The summed E-state index contributed by atoms with van der Waals surface area (Å²) in [6.07, 6.45) is 0. The van der Waals surface area contributed by atoms with E-state index in [1.807, 2.05) is 17.7 Å². The Morgan fingerprint density at radius 1 is 1.25 bits per heavy atom. The van der Waals surface area contributed by atoms with Crippen molar-refractivity contribution in [3.05, 3.63) is 34.3 Å². The third kappa shape index (κ3) is 3.24. The summed E-state index contributed by atoms with van der Waals surface area (Å²) in [4.78, 5) is 26.5. The second-order valence-electron chi connectivity index (χ2n) is 7.25. The van der Waals surface area contributed by atoms with Crippen molar-refractivity contribution < 1.29 is 19.1 Å². The van der Waals surface area contributed by atoms with Gasteiger partial charge in [-0.2, -0.15) is 5.10 Å². The molecular weight excluding hydrogens is 378 g/mol. The molecule has 4 rings (SSSR count). The minimum absolute atomic E-state index is 0.103. The van der Waals surface area contributed by atoms with Crippen LogP contribution in [0.3, 0.4) is 0 Å². The number of ketones is 1. The summed E-state index contributed by atoms with van der Waals surface area (Å²) in [7, 11) is 0. The highest BCUT2D eigenvalue weighted by atomic mass is 32.1. The first-order valence-corrected chi connectivity index (χ1v) is 9.88. The Balaban J connectivity index is 1.67. The molecule has 3 aromatic rings. The number of ether oxygens (including phenoxy) is 2. The molecule has 0 atom stereocenters. The first-order valence-electron chi connectivity index (χ1n) is 9.06. The second-order valence-corrected chi connectivity index (χ2v) is 8.28. The normalized spacial score (nSPS) is 12.8. The summed E-state index contributed by atoms with van der Waals surface area (Å²) in [6.45, 7) is 8.56. The summed E-state index contributed by atoms with van der Waals surface area (Å²) >= 11 is 1.40. The Morgan fingerprint density at radius 2 is 1.96 bits per heavy atom. The van der Waals surface area contributed by atoms with E-state index in [1.165, 1.54) is 18.3 Å². The largest absolute Gasteiger partial charge is 0.454 e. The molecule has 0 saturated carbocycles. The number of nitrogens with one attached hydrogen (secondary N) is 1. The van der Waals surface area contributed by atoms with Crippen LogP contribution in [0.25, 0.3) is 10.2 Å². The molecule has 0 spiro atoms. The molecule has 28 heavy (non-hydrogen) atoms. The van der Waals surface area contributed by atoms with Gasteiger partial charge >= 0.3 is 0 Å². The summed E-state index contributed by atoms with van der Waals surface area (Å²) in [6, 6.07) is 5.10. The van der Waals surface area contributed by atoms with Gasteiger partial charge in [0.05, 0.1) is 16.3 Å². The van der Waals surface area contributed by atoms with Gasteiger partial charge in [-0.3, -0.25) is 14.3 Å². The van der Waals surface area contributed by atoms with Crippen molar-refractivity contribution in [2.75, 3.05) is 12.1 Å². The summed E-state index contributed by atoms with van der Waals surface area (Å²) in [5.74, 6) is 1.05. The highest BCUT2D eigenvalue weighted by Crippen LogP contribution is 2.38. The number of fused-ring (bicyclic) bond motifs is 2. The molecule has 1 aliphatic heterocycles. The van der Waals surface area contributed by atoms with Crippen LogP contribution in [0.4, 0.5) is 5.69 Å². The predicted octanol–water partition coefficient (Wildman–Crippen LogP) is 4.25. The van der Waals surface area contributed by atoms with E-state index >= 15 is 0 Å². The number of thiophene rings is 1. The monoisotopic (exact) mass is 399 g/mol. The molecule has 1 amide bonds. The standard InChI is InChI=1S/C20H21N3O4S/c1-10(2)8-23-20-13(11(3)22-23)6-18(28-20)19(25)21-15-7-17-16(26-9-27-17)5-14(15)12(4)24/h5-7,10H,8-9H2,1-4H3,(H,21,25). The van der Waals surface area contributed by atoms with E-state index in [4.69, 9.17) is 9.47 Å². The van der Waals surface area contributed by atoms with Gasteiger partial charge in [-0.15, -0.1) is 11.3 Å². The minimum atomic E-state index is -0.266. The molecule has 1 aliphatic rings. The number of benzene rings is 1. The third-order valence-electron chi connectivity index (χ3n) is 4.51. The van der Waals surface area contributed by atoms with Crippen LogP contribution >= 0.6 is 11.3 Å². The van der Waals surface area contributed by atoms with Crippen molar-refractivity contribution >= 4 is 38.9 Å². The SMILES string of the molecule is CC(=O)c1cc2c(cc1NC(=O)c1cc3c(C)nn(CC(C)C)c3s1)OCO2. The number of anilines is 1. The van der Waals surface area contributed by atoms with Crippen LogP contribution in [0.15, 0.2) is 18.2 Å². The van der Waals surface area contributed by atoms with Crippen LogP contribution in [-0.4, -0.2) is 28.3 Å². The summed E-state index contributed by atoms with van der Waals surface area (Å²) < 4.78 is 12.7. The van der Waals surface area contributed by atoms with E-state index in [0.717, 1.165) is 22.5 Å². The smallest absolute Gasteiger partial charge is 0.265 e. The topological polar surface area (TPSA) is 82.5 Å². The van der Waals surface area contributed by atoms with Gasteiger partial charge in [-0.1, -0.05) is 13.8 Å². The number of amides is 1. The fraction of sp³-hybridized carbons (Fsp3) is 0.350. The van der Waals surface area contributed by atoms with E-state index < -0.39 is 0 Å². The van der Waals surface area contributed by atoms with Crippen molar-refractivity contribution in [2.45, 2.75) is 34.2 Å². The first kappa shape index (κ1) is 18.5. The molecule has 1 aromatic carbocycles. The minimum Gasteiger partial charge on any atom is -0.454 e. The Kier molecular flexibility index (Phi) is 4.58. The van der Waals surface area contributed by atoms with E-state index in [0.29, 0.717) is 33.5 Å². The second kappa shape index (κ2) is 6.94. The number of hydrogen-bond acceptors (Lipinski definition) is 6. The molecule has 0 saturated heterocycles. The number of aromatic nitrogens is 2.